The van der Waals surface area contributed by atoms with Crippen molar-refractivity contribution < 1.29 is 72.5 Å². The molecule has 5 rings (SSSR count). The maximum absolute atomic E-state index is 14.6. The van der Waals surface area contributed by atoms with E-state index in [1.165, 1.54) is 12.0 Å². The van der Waals surface area contributed by atoms with E-state index < -0.39 is 77.8 Å². The number of esters is 1. The Bertz CT molecular complexity index is 1980. The lowest BCUT2D eigenvalue weighted by Gasteiger charge is -2.43. The largest absolute Gasteiger partial charge is 0.460 e. The molecule has 0 aromatic heterocycles. The summed E-state index contributed by atoms with van der Waals surface area (Å²) < 4.78 is 42.2. The first-order valence-corrected chi connectivity index (χ1v) is 28.2. The van der Waals surface area contributed by atoms with E-state index in [4.69, 9.17) is 33.2 Å². The van der Waals surface area contributed by atoms with Gasteiger partial charge in [0.05, 0.1) is 37.6 Å². The van der Waals surface area contributed by atoms with Crippen molar-refractivity contribution >= 4 is 29.2 Å². The minimum atomic E-state index is -2.45. The predicted molar refractivity (Wildman–Crippen MR) is 283 cm³/mol. The maximum Gasteiger partial charge on any atom is 0.329 e. The van der Waals surface area contributed by atoms with Crippen molar-refractivity contribution in [3.63, 3.8) is 0 Å². The van der Waals surface area contributed by atoms with Crippen LogP contribution in [0, 0.1) is 41.4 Å². The summed E-state index contributed by atoms with van der Waals surface area (Å²) in [6.07, 6.45) is 14.9. The molecule has 16 nitrogen and oxygen atoms in total. The lowest BCUT2D eigenvalue weighted by molar-refractivity contribution is -0.266. The molecule has 0 spiro atoms. The number of ether oxygens (including phenoxy) is 7. The van der Waals surface area contributed by atoms with E-state index in [-0.39, 0.29) is 74.1 Å². The first kappa shape index (κ1) is 62.4. The van der Waals surface area contributed by atoms with Crippen molar-refractivity contribution in [1.82, 2.24) is 4.90 Å². The van der Waals surface area contributed by atoms with Crippen LogP contribution >= 0.6 is 0 Å². The molecular formula is C59H93NO15. The zero-order valence-corrected chi connectivity index (χ0v) is 46.7. The smallest absolute Gasteiger partial charge is 0.329 e. The number of Topliss-reactive ketones (excluding diaryl/α,β-unsaturated/α-hetero) is 3. The molecule has 0 aromatic carbocycles. The summed E-state index contributed by atoms with van der Waals surface area (Å²) >= 11 is 0. The number of piperidine rings is 1. The van der Waals surface area contributed by atoms with Gasteiger partial charge in [0.1, 0.15) is 30.1 Å². The number of hydrogen-bond acceptors (Lipinski definition) is 15. The van der Waals surface area contributed by atoms with Crippen LogP contribution in [0.4, 0.5) is 0 Å². The van der Waals surface area contributed by atoms with Crippen molar-refractivity contribution in [2.24, 2.45) is 41.4 Å². The molecule has 15 atom stereocenters. The van der Waals surface area contributed by atoms with Crippen molar-refractivity contribution in [2.45, 2.75) is 199 Å². The van der Waals surface area contributed by atoms with Gasteiger partial charge in [-0.25, -0.2) is 4.79 Å². The number of amides is 1. The number of ketones is 3. The molecule has 424 valence electrons. The van der Waals surface area contributed by atoms with Gasteiger partial charge in [-0.3, -0.25) is 19.2 Å². The minimum Gasteiger partial charge on any atom is -0.460 e. The molecule has 4 fully saturated rings. The topological polar surface area (TPSA) is 214 Å². The Labute approximate surface area is 447 Å². The molecule has 0 aromatic rings. The first-order chi connectivity index (χ1) is 35.8. The van der Waals surface area contributed by atoms with Crippen molar-refractivity contribution in [2.75, 3.05) is 53.8 Å². The second-order valence-corrected chi connectivity index (χ2v) is 22.6. The van der Waals surface area contributed by atoms with Gasteiger partial charge in [0, 0.05) is 71.2 Å². The van der Waals surface area contributed by atoms with Gasteiger partial charge in [-0.05, 0) is 132 Å². The highest BCUT2D eigenvalue weighted by atomic mass is 16.6. The normalized spacial score (nSPS) is 38.1. The molecule has 3 N–H and O–H groups in total. The fourth-order valence-electron chi connectivity index (χ4n) is 11.8. The first-order valence-electron chi connectivity index (χ1n) is 28.2. The van der Waals surface area contributed by atoms with Gasteiger partial charge in [0.15, 0.2) is 5.78 Å². The van der Waals surface area contributed by atoms with Crippen LogP contribution in [0.3, 0.4) is 0 Å². The fourth-order valence-corrected chi connectivity index (χ4v) is 11.8. The highest BCUT2D eigenvalue weighted by Gasteiger charge is 2.53. The van der Waals surface area contributed by atoms with Gasteiger partial charge >= 0.3 is 5.97 Å². The quantitative estimate of drug-likeness (QED) is 0.0988. The molecule has 1 saturated carbocycles. The van der Waals surface area contributed by atoms with Crippen LogP contribution < -0.4 is 0 Å². The standard InChI is InChI=1S/C59H93NO15/c1-37-15-11-10-12-16-38(2)50(72-29-24-44-22-27-71-28-23-44)35-46-20-18-43(7)59(68,75-46)56(65)57(66)60-25-14-13-17-47(60)58(67)74-51(40(4)33-45-19-21-49(73-30-26-61)52(34-45)69-8)36-48(62)39(3)32-42(6)54(64)55(70-9)53(63)41(5)31-37/h10-12,15-16,32,37,39-41,43-47,49-52,54-55,61,64,68H,13-14,17-31,33-36H2,1-9H3/b12-10+,15-11+,38-16+,42-32+/t37-,39-,40-,41-,43-,45+,46+,47?,49-,50?,51+,52-,54-,55+,59-/m1/s1. The maximum atomic E-state index is 14.6. The van der Waals surface area contributed by atoms with Crippen LogP contribution in [-0.2, 0) is 57.1 Å². The number of carbonyl (C=O) groups excluding carboxylic acids is 5. The highest BCUT2D eigenvalue weighted by Crippen LogP contribution is 2.38. The number of hydrogen-bond donors (Lipinski definition) is 3. The molecule has 75 heavy (non-hydrogen) atoms. The summed E-state index contributed by atoms with van der Waals surface area (Å²) in [4.78, 5) is 73.0. The van der Waals surface area contributed by atoms with E-state index in [9.17, 15) is 39.3 Å². The Morgan fingerprint density at radius 3 is 2.27 bits per heavy atom. The van der Waals surface area contributed by atoms with Gasteiger partial charge in [-0.1, -0.05) is 71.1 Å². The van der Waals surface area contributed by atoms with Crippen molar-refractivity contribution in [3.8, 4) is 0 Å². The van der Waals surface area contributed by atoms with E-state index in [1.807, 2.05) is 58.1 Å². The molecule has 1 aliphatic carbocycles. The van der Waals surface area contributed by atoms with E-state index in [2.05, 4.69) is 0 Å². The third kappa shape index (κ3) is 17.8. The molecule has 4 aliphatic heterocycles. The summed E-state index contributed by atoms with van der Waals surface area (Å²) in [5, 5.41) is 33.2. The Hall–Kier alpha value is -3.45. The SMILES string of the molecule is CO[C@@H]1C[C@H](C[C@@H](C)[C@@H]2CC(=O)[C@H](C)/C=C(\C)[C@@H](O)[C@@H](OC)C(=O)[C@H](C)C[C@H](C)/C=C/C=C/C=C(\C)C(OCCC3CCOCC3)C[C@@H]3CC[C@@H](C)[C@@](O)(O3)C(=O)C(=O)N3CCCCC3C(=O)O2)CC[C@H]1OCCO. The molecule has 2 unspecified atom stereocenters. The molecule has 3 saturated heterocycles. The summed E-state index contributed by atoms with van der Waals surface area (Å²) in [6.45, 7) is 15.0. The highest BCUT2D eigenvalue weighted by molar-refractivity contribution is 6.39. The zero-order chi connectivity index (χ0) is 54.8. The molecular weight excluding hydrogens is 963 g/mol. The van der Waals surface area contributed by atoms with Crippen LogP contribution in [0.5, 0.6) is 0 Å². The Balaban J connectivity index is 1.46. The number of fused-ring (bicyclic) bond motifs is 3. The van der Waals surface area contributed by atoms with E-state index in [0.717, 1.165) is 44.5 Å². The van der Waals surface area contributed by atoms with E-state index in [1.54, 1.807) is 34.0 Å². The second-order valence-electron chi connectivity index (χ2n) is 22.6. The summed E-state index contributed by atoms with van der Waals surface area (Å²) in [7, 11) is 3.02. The van der Waals surface area contributed by atoms with E-state index in [0.29, 0.717) is 75.9 Å². The lowest BCUT2D eigenvalue weighted by Crippen LogP contribution is -2.61. The van der Waals surface area contributed by atoms with Crippen molar-refractivity contribution in [1.29, 1.82) is 0 Å². The number of nitrogens with zero attached hydrogens (tertiary/aromatic N) is 1. The summed E-state index contributed by atoms with van der Waals surface area (Å²) in [5.74, 6) is -7.52. The average Bonchev–Trinajstić information content (AvgIpc) is 3.40. The Morgan fingerprint density at radius 2 is 1.56 bits per heavy atom. The number of rotatable bonds is 12. The number of aliphatic hydroxyl groups excluding tert-OH is 2. The van der Waals surface area contributed by atoms with Gasteiger partial charge in [-0.2, -0.15) is 0 Å². The molecule has 5 aliphatic rings. The van der Waals surface area contributed by atoms with Crippen LogP contribution in [0.15, 0.2) is 47.6 Å². The summed E-state index contributed by atoms with van der Waals surface area (Å²) in [5.41, 5.74) is 1.30. The Kier molecular flexibility index (Phi) is 25.5. The van der Waals surface area contributed by atoms with Crippen LogP contribution in [-0.4, -0.2) is 158 Å². The predicted octanol–water partition coefficient (Wildman–Crippen LogP) is 7.38. The fraction of sp³-hybridized carbons (Fsp3) is 0.780. The summed E-state index contributed by atoms with van der Waals surface area (Å²) in [6, 6.07) is -1.15. The number of allylic oxidation sites excluding steroid dienone is 6. The number of cyclic esters (lactones) is 1. The third-order valence-electron chi connectivity index (χ3n) is 16.8. The van der Waals surface area contributed by atoms with Crippen LogP contribution in [0.1, 0.15) is 145 Å². The zero-order valence-electron chi connectivity index (χ0n) is 46.7. The molecule has 2 bridgehead atoms. The van der Waals surface area contributed by atoms with Gasteiger partial charge in [0.25, 0.3) is 11.7 Å². The monoisotopic (exact) mass is 1060 g/mol. The molecule has 1 amide bonds. The van der Waals surface area contributed by atoms with E-state index >= 15 is 0 Å². The van der Waals surface area contributed by atoms with Crippen molar-refractivity contribution in [3.05, 3.63) is 47.6 Å². The molecule has 4 heterocycles. The van der Waals surface area contributed by atoms with Crippen LogP contribution in [0.25, 0.3) is 0 Å². The second kappa shape index (κ2) is 30.6. The number of aliphatic hydroxyl groups is 3. The minimum absolute atomic E-state index is 0.00612. The van der Waals surface area contributed by atoms with Crippen LogP contribution in [0.2, 0.25) is 0 Å². The number of carbonyl (C=O) groups is 5. The third-order valence-corrected chi connectivity index (χ3v) is 16.8. The molecule has 0 radical (unpaired) electrons. The Morgan fingerprint density at radius 1 is 0.813 bits per heavy atom. The number of methoxy groups -OCH3 is 2. The molecule has 16 heteroatoms. The van der Waals surface area contributed by atoms with Gasteiger partial charge in [-0.15, -0.1) is 0 Å². The van der Waals surface area contributed by atoms with Gasteiger partial charge in [0.2, 0.25) is 5.79 Å². The van der Waals surface area contributed by atoms with Gasteiger partial charge < -0.3 is 53.4 Å². The lowest BCUT2D eigenvalue weighted by atomic mass is 9.78. The average molecular weight is 1060 g/mol.